The van der Waals surface area contributed by atoms with Gasteiger partial charge in [0.25, 0.3) is 0 Å². The van der Waals surface area contributed by atoms with E-state index >= 15 is 0 Å². The fourth-order valence-electron chi connectivity index (χ4n) is 3.70. The molecule has 0 amide bonds. The molecule has 1 aliphatic heterocycles. The summed E-state index contributed by atoms with van der Waals surface area (Å²) in [5, 5.41) is 3.08. The van der Waals surface area contributed by atoms with Crippen molar-refractivity contribution in [2.45, 2.75) is 45.1 Å². The van der Waals surface area contributed by atoms with Crippen molar-refractivity contribution in [2.75, 3.05) is 6.61 Å². The fourth-order valence-corrected chi connectivity index (χ4v) is 3.93. The van der Waals surface area contributed by atoms with Crippen molar-refractivity contribution in [3.8, 4) is 11.5 Å². The maximum absolute atomic E-state index is 6.37. The molecule has 0 N–H and O–H groups in total. The Hall–Kier alpha value is -2.19. The average molecular weight is 381 g/mol. The summed E-state index contributed by atoms with van der Waals surface area (Å²) in [6, 6.07) is 18.8. The van der Waals surface area contributed by atoms with Crippen LogP contribution in [0, 0.1) is 0 Å². The van der Waals surface area contributed by atoms with Gasteiger partial charge >= 0.3 is 0 Å². The maximum atomic E-state index is 6.37. The van der Waals surface area contributed by atoms with Crippen LogP contribution in [0.15, 0.2) is 54.6 Å². The molecule has 4 rings (SSSR count). The van der Waals surface area contributed by atoms with E-state index in [1.54, 1.807) is 0 Å². The molecule has 2 atom stereocenters. The summed E-state index contributed by atoms with van der Waals surface area (Å²) in [6.07, 6.45) is 0.959. The summed E-state index contributed by atoms with van der Waals surface area (Å²) >= 11 is 6.37. The second kappa shape index (κ2) is 7.44. The Bertz CT molecular complexity index is 964. The van der Waals surface area contributed by atoms with Gasteiger partial charge in [-0.3, -0.25) is 0 Å². The van der Waals surface area contributed by atoms with Crippen molar-refractivity contribution in [1.82, 2.24) is 0 Å². The van der Waals surface area contributed by atoms with E-state index in [9.17, 15) is 0 Å². The monoisotopic (exact) mass is 380 g/mol. The van der Waals surface area contributed by atoms with E-state index in [1.165, 1.54) is 16.5 Å². The van der Waals surface area contributed by atoms with Gasteiger partial charge in [0, 0.05) is 10.4 Å². The predicted octanol–water partition coefficient (Wildman–Crippen LogP) is 6.95. The molecule has 27 heavy (non-hydrogen) atoms. The molecule has 0 radical (unpaired) electrons. The van der Waals surface area contributed by atoms with Crippen LogP contribution >= 0.6 is 11.6 Å². The molecular weight excluding hydrogens is 356 g/mol. The highest BCUT2D eigenvalue weighted by atomic mass is 35.5. The van der Waals surface area contributed by atoms with Crippen LogP contribution in [0.5, 0.6) is 11.5 Å². The van der Waals surface area contributed by atoms with E-state index in [-0.39, 0.29) is 6.10 Å². The molecule has 0 fully saturated rings. The second-order valence-corrected chi connectivity index (χ2v) is 8.18. The zero-order valence-electron chi connectivity index (χ0n) is 16.0. The molecule has 3 heteroatoms. The molecule has 0 bridgehead atoms. The first-order chi connectivity index (χ1) is 13.0. The second-order valence-electron chi connectivity index (χ2n) is 7.77. The zero-order chi connectivity index (χ0) is 19.0. The van der Waals surface area contributed by atoms with Gasteiger partial charge in [-0.1, -0.05) is 62.7 Å². The SMILES string of the molecule is CC(C)c1ccc2c(c1)OCC(C[C@@H](C)c1ccc3cccc(Cl)c3c1)O2. The van der Waals surface area contributed by atoms with Gasteiger partial charge in [0.2, 0.25) is 0 Å². The van der Waals surface area contributed by atoms with Crippen LogP contribution in [0.4, 0.5) is 0 Å². The highest BCUT2D eigenvalue weighted by Gasteiger charge is 2.24. The molecular formula is C24H25ClO2. The Morgan fingerprint density at radius 2 is 1.78 bits per heavy atom. The minimum Gasteiger partial charge on any atom is -0.486 e. The lowest BCUT2D eigenvalue weighted by Crippen LogP contribution is -2.30. The summed E-state index contributed by atoms with van der Waals surface area (Å²) in [5.41, 5.74) is 2.55. The first-order valence-corrected chi connectivity index (χ1v) is 10.0. The van der Waals surface area contributed by atoms with Crippen molar-refractivity contribution >= 4 is 22.4 Å². The third-order valence-electron chi connectivity index (χ3n) is 5.39. The van der Waals surface area contributed by atoms with Crippen molar-refractivity contribution in [2.24, 2.45) is 0 Å². The Morgan fingerprint density at radius 1 is 0.963 bits per heavy atom. The van der Waals surface area contributed by atoms with Gasteiger partial charge in [0.15, 0.2) is 11.5 Å². The maximum Gasteiger partial charge on any atom is 0.161 e. The van der Waals surface area contributed by atoms with Crippen LogP contribution in [0.1, 0.15) is 50.2 Å². The minimum atomic E-state index is 0.0549. The number of hydrogen-bond donors (Lipinski definition) is 0. The average Bonchev–Trinajstić information content (AvgIpc) is 2.67. The normalized spacial score (nSPS) is 17.3. The Labute approximate surface area is 166 Å². The Kier molecular flexibility index (Phi) is 5.01. The number of rotatable bonds is 4. The van der Waals surface area contributed by atoms with Crippen LogP contribution in [0.3, 0.4) is 0 Å². The lowest BCUT2D eigenvalue weighted by atomic mass is 9.93. The number of fused-ring (bicyclic) bond motifs is 2. The first-order valence-electron chi connectivity index (χ1n) is 9.63. The molecule has 1 heterocycles. The molecule has 1 aliphatic rings. The quantitative estimate of drug-likeness (QED) is 0.487. The summed E-state index contributed by atoms with van der Waals surface area (Å²) in [4.78, 5) is 0. The smallest absolute Gasteiger partial charge is 0.161 e. The molecule has 0 aliphatic carbocycles. The first kappa shape index (κ1) is 18.2. The van der Waals surface area contributed by atoms with Crippen LogP contribution < -0.4 is 9.47 Å². The van der Waals surface area contributed by atoms with Crippen LogP contribution in [-0.4, -0.2) is 12.7 Å². The van der Waals surface area contributed by atoms with E-state index in [2.05, 4.69) is 57.2 Å². The van der Waals surface area contributed by atoms with Crippen LogP contribution in [0.2, 0.25) is 5.02 Å². The van der Waals surface area contributed by atoms with E-state index in [0.29, 0.717) is 18.4 Å². The predicted molar refractivity (Wildman–Crippen MR) is 112 cm³/mol. The minimum absolute atomic E-state index is 0.0549. The van der Waals surface area contributed by atoms with Crippen molar-refractivity contribution in [3.05, 3.63) is 70.7 Å². The van der Waals surface area contributed by atoms with Gasteiger partial charge in [-0.05, 0) is 59.0 Å². The molecule has 1 unspecified atom stereocenters. The van der Waals surface area contributed by atoms with Crippen molar-refractivity contribution in [3.63, 3.8) is 0 Å². The largest absolute Gasteiger partial charge is 0.486 e. The lowest BCUT2D eigenvalue weighted by Gasteiger charge is -2.29. The van der Waals surface area contributed by atoms with Crippen molar-refractivity contribution in [1.29, 1.82) is 0 Å². The highest BCUT2D eigenvalue weighted by Crippen LogP contribution is 2.37. The van der Waals surface area contributed by atoms with E-state index in [0.717, 1.165) is 28.3 Å². The Morgan fingerprint density at radius 3 is 2.59 bits per heavy atom. The van der Waals surface area contributed by atoms with Gasteiger partial charge in [-0.15, -0.1) is 0 Å². The number of halogens is 1. The third-order valence-corrected chi connectivity index (χ3v) is 5.72. The van der Waals surface area contributed by atoms with Crippen LogP contribution in [0.25, 0.3) is 10.8 Å². The molecule has 0 saturated heterocycles. The van der Waals surface area contributed by atoms with Gasteiger partial charge < -0.3 is 9.47 Å². The molecule has 0 aromatic heterocycles. The summed E-state index contributed by atoms with van der Waals surface area (Å²) < 4.78 is 12.2. The fraction of sp³-hybridized carbons (Fsp3) is 0.333. The van der Waals surface area contributed by atoms with E-state index in [4.69, 9.17) is 21.1 Å². The van der Waals surface area contributed by atoms with Gasteiger partial charge in [-0.25, -0.2) is 0 Å². The standard InChI is InChI=1S/C24H25ClO2/c1-15(2)18-9-10-23-24(13-18)26-14-20(27-23)11-16(3)19-8-7-17-5-4-6-22(25)21(17)12-19/h4-10,12-13,15-16,20H,11,14H2,1-3H3/t16-,20?/m1/s1. The molecule has 3 aromatic carbocycles. The van der Waals surface area contributed by atoms with Gasteiger partial charge in [-0.2, -0.15) is 0 Å². The number of ether oxygens (including phenoxy) is 2. The number of benzene rings is 3. The lowest BCUT2D eigenvalue weighted by molar-refractivity contribution is 0.0805. The summed E-state index contributed by atoms with van der Waals surface area (Å²) in [5.74, 6) is 2.55. The number of hydrogen-bond acceptors (Lipinski definition) is 2. The summed E-state index contributed by atoms with van der Waals surface area (Å²) in [7, 11) is 0. The topological polar surface area (TPSA) is 18.5 Å². The molecule has 140 valence electrons. The highest BCUT2D eigenvalue weighted by molar-refractivity contribution is 6.35. The van der Waals surface area contributed by atoms with Gasteiger partial charge in [0.1, 0.15) is 12.7 Å². The molecule has 0 spiro atoms. The molecule has 2 nitrogen and oxygen atoms in total. The van der Waals surface area contributed by atoms with E-state index < -0.39 is 0 Å². The van der Waals surface area contributed by atoms with E-state index in [1.807, 2.05) is 18.2 Å². The zero-order valence-corrected chi connectivity index (χ0v) is 16.8. The summed E-state index contributed by atoms with van der Waals surface area (Å²) in [6.45, 7) is 7.20. The third kappa shape index (κ3) is 3.77. The molecule has 0 saturated carbocycles. The van der Waals surface area contributed by atoms with Crippen molar-refractivity contribution < 1.29 is 9.47 Å². The van der Waals surface area contributed by atoms with Crippen LogP contribution in [-0.2, 0) is 0 Å². The molecule has 3 aromatic rings. The Balaban J connectivity index is 1.49. The van der Waals surface area contributed by atoms with Gasteiger partial charge in [0.05, 0.1) is 0 Å².